The third-order valence-electron chi connectivity index (χ3n) is 3.14. The number of nitrogens with zero attached hydrogens (tertiary/aromatic N) is 2. The van der Waals surface area contributed by atoms with Gasteiger partial charge in [-0.3, -0.25) is 4.57 Å². The van der Waals surface area contributed by atoms with Gasteiger partial charge in [0.05, 0.1) is 15.7 Å². The minimum Gasteiger partial charge on any atom is -0.369 e. The maximum absolute atomic E-state index is 13.8. The van der Waals surface area contributed by atoms with E-state index in [2.05, 4.69) is 20.9 Å². The number of imidazole rings is 1. The van der Waals surface area contributed by atoms with Gasteiger partial charge in [-0.1, -0.05) is 6.07 Å². The molecule has 0 unspecified atom stereocenters. The SMILES string of the molecule is Cc1cc(Br)c(F)cc1-n1c(N)nc2c(F)cccc21. The van der Waals surface area contributed by atoms with E-state index in [0.29, 0.717) is 15.7 Å². The van der Waals surface area contributed by atoms with Crippen molar-refractivity contribution < 1.29 is 8.78 Å². The first-order valence-corrected chi connectivity index (χ1v) is 6.67. The Bertz CT molecular complexity index is 827. The molecule has 1 heterocycles. The fourth-order valence-electron chi connectivity index (χ4n) is 2.21. The standard InChI is InChI=1S/C14H10BrF2N3/c1-7-5-8(15)10(17)6-12(7)20-11-4-2-3-9(16)13(11)19-14(20)18/h2-6H,1H3,(H2,18,19). The lowest BCUT2D eigenvalue weighted by atomic mass is 10.2. The average molecular weight is 338 g/mol. The molecular formula is C14H10BrF2N3. The van der Waals surface area contributed by atoms with E-state index < -0.39 is 11.6 Å². The molecule has 0 atom stereocenters. The molecule has 0 saturated carbocycles. The van der Waals surface area contributed by atoms with Crippen LogP contribution in [0.1, 0.15) is 5.56 Å². The lowest BCUT2D eigenvalue weighted by Gasteiger charge is -2.11. The van der Waals surface area contributed by atoms with E-state index in [1.807, 2.05) is 6.92 Å². The highest BCUT2D eigenvalue weighted by Crippen LogP contribution is 2.29. The van der Waals surface area contributed by atoms with E-state index in [9.17, 15) is 8.78 Å². The van der Waals surface area contributed by atoms with Gasteiger partial charge in [0.1, 0.15) is 11.3 Å². The first-order chi connectivity index (χ1) is 9.49. The quantitative estimate of drug-likeness (QED) is 0.730. The summed E-state index contributed by atoms with van der Waals surface area (Å²) in [6.45, 7) is 1.82. The van der Waals surface area contributed by atoms with Crippen LogP contribution < -0.4 is 5.73 Å². The van der Waals surface area contributed by atoms with E-state index >= 15 is 0 Å². The Labute approximate surface area is 122 Å². The summed E-state index contributed by atoms with van der Waals surface area (Å²) in [4.78, 5) is 4.01. The molecule has 0 spiro atoms. The third-order valence-corrected chi connectivity index (χ3v) is 3.75. The number of nitrogen functional groups attached to an aromatic ring is 1. The van der Waals surface area contributed by atoms with Gasteiger partial charge in [-0.05, 0) is 52.7 Å². The van der Waals surface area contributed by atoms with Gasteiger partial charge in [0.25, 0.3) is 0 Å². The minimum atomic E-state index is -0.455. The summed E-state index contributed by atoms with van der Waals surface area (Å²) in [6.07, 6.45) is 0. The predicted octanol–water partition coefficient (Wildman–Crippen LogP) is 3.96. The molecule has 3 nitrogen and oxygen atoms in total. The Balaban J connectivity index is 2.38. The van der Waals surface area contributed by atoms with Gasteiger partial charge in [-0.2, -0.15) is 0 Å². The lowest BCUT2D eigenvalue weighted by Crippen LogP contribution is -2.03. The van der Waals surface area contributed by atoms with Crippen LogP contribution in [0.2, 0.25) is 0 Å². The third kappa shape index (κ3) is 1.87. The van der Waals surface area contributed by atoms with Crippen molar-refractivity contribution in [1.29, 1.82) is 0 Å². The molecule has 0 bridgehead atoms. The second kappa shape index (κ2) is 4.56. The average Bonchev–Trinajstić information content (AvgIpc) is 2.72. The van der Waals surface area contributed by atoms with Crippen LogP contribution >= 0.6 is 15.9 Å². The maximum Gasteiger partial charge on any atom is 0.206 e. The second-order valence-electron chi connectivity index (χ2n) is 4.47. The van der Waals surface area contributed by atoms with Gasteiger partial charge in [0.2, 0.25) is 5.95 Å². The second-order valence-corrected chi connectivity index (χ2v) is 5.32. The van der Waals surface area contributed by atoms with Crippen molar-refractivity contribution in [1.82, 2.24) is 9.55 Å². The number of benzene rings is 2. The van der Waals surface area contributed by atoms with Crippen molar-refractivity contribution in [2.24, 2.45) is 0 Å². The number of rotatable bonds is 1. The molecule has 0 aliphatic heterocycles. The largest absolute Gasteiger partial charge is 0.369 e. The van der Waals surface area contributed by atoms with Crippen LogP contribution in [-0.4, -0.2) is 9.55 Å². The molecule has 6 heteroatoms. The lowest BCUT2D eigenvalue weighted by molar-refractivity contribution is 0.619. The van der Waals surface area contributed by atoms with Crippen LogP contribution in [0.5, 0.6) is 0 Å². The van der Waals surface area contributed by atoms with Crippen molar-refractivity contribution >= 4 is 32.9 Å². The topological polar surface area (TPSA) is 43.8 Å². The van der Waals surface area contributed by atoms with E-state index in [-0.39, 0.29) is 11.5 Å². The van der Waals surface area contributed by atoms with Gasteiger partial charge < -0.3 is 5.73 Å². The summed E-state index contributed by atoms with van der Waals surface area (Å²) in [6, 6.07) is 7.58. The zero-order chi connectivity index (χ0) is 14.4. The smallest absolute Gasteiger partial charge is 0.206 e. The minimum absolute atomic E-state index is 0.120. The fraction of sp³-hybridized carbons (Fsp3) is 0.0714. The summed E-state index contributed by atoms with van der Waals surface area (Å²) >= 11 is 3.13. The summed E-state index contributed by atoms with van der Waals surface area (Å²) in [7, 11) is 0. The van der Waals surface area contributed by atoms with Crippen LogP contribution in [0, 0.1) is 18.6 Å². The molecule has 1 aromatic heterocycles. The normalized spacial score (nSPS) is 11.2. The number of anilines is 1. The molecule has 0 aliphatic rings. The van der Waals surface area contributed by atoms with Crippen molar-refractivity contribution in [3.63, 3.8) is 0 Å². The van der Waals surface area contributed by atoms with Crippen LogP contribution in [0.4, 0.5) is 14.7 Å². The molecule has 102 valence electrons. The zero-order valence-corrected chi connectivity index (χ0v) is 12.1. The first kappa shape index (κ1) is 13.1. The number of nitrogens with two attached hydrogens (primary N) is 1. The number of aryl methyl sites for hydroxylation is 1. The number of hydrogen-bond acceptors (Lipinski definition) is 2. The van der Waals surface area contributed by atoms with Crippen molar-refractivity contribution in [2.75, 3.05) is 5.73 Å². The van der Waals surface area contributed by atoms with Gasteiger partial charge in [-0.15, -0.1) is 0 Å². The Kier molecular flexibility index (Phi) is 2.97. The van der Waals surface area contributed by atoms with Crippen LogP contribution in [0.3, 0.4) is 0 Å². The highest BCUT2D eigenvalue weighted by atomic mass is 79.9. The molecule has 3 rings (SSSR count). The van der Waals surface area contributed by atoms with Crippen LogP contribution in [0.15, 0.2) is 34.8 Å². The van der Waals surface area contributed by atoms with Crippen molar-refractivity contribution in [3.05, 3.63) is 52.0 Å². The number of para-hydroxylation sites is 1. The predicted molar refractivity (Wildman–Crippen MR) is 77.8 cm³/mol. The Hall–Kier alpha value is -1.95. The van der Waals surface area contributed by atoms with Crippen LogP contribution in [0.25, 0.3) is 16.7 Å². The molecule has 3 aromatic rings. The van der Waals surface area contributed by atoms with Gasteiger partial charge >= 0.3 is 0 Å². The van der Waals surface area contributed by atoms with E-state index in [0.717, 1.165) is 5.56 Å². The summed E-state index contributed by atoms with van der Waals surface area (Å²) in [5.41, 5.74) is 7.88. The molecule has 2 N–H and O–H groups in total. The Morgan fingerprint density at radius 2 is 1.95 bits per heavy atom. The molecule has 0 amide bonds. The molecule has 0 saturated heterocycles. The first-order valence-electron chi connectivity index (χ1n) is 5.87. The summed E-state index contributed by atoms with van der Waals surface area (Å²) in [5, 5.41) is 0. The number of halogens is 3. The number of hydrogen-bond donors (Lipinski definition) is 1. The Morgan fingerprint density at radius 3 is 2.70 bits per heavy atom. The number of fused-ring (bicyclic) bond motifs is 1. The zero-order valence-electron chi connectivity index (χ0n) is 10.5. The van der Waals surface area contributed by atoms with Gasteiger partial charge in [0.15, 0.2) is 5.82 Å². The van der Waals surface area contributed by atoms with E-state index in [1.165, 1.54) is 12.1 Å². The maximum atomic E-state index is 13.8. The summed E-state index contributed by atoms with van der Waals surface area (Å²) in [5.74, 6) is -0.749. The van der Waals surface area contributed by atoms with Crippen molar-refractivity contribution in [3.8, 4) is 5.69 Å². The molecule has 0 radical (unpaired) electrons. The number of aromatic nitrogens is 2. The highest BCUT2D eigenvalue weighted by molar-refractivity contribution is 9.10. The summed E-state index contributed by atoms with van der Waals surface area (Å²) < 4.78 is 29.4. The Morgan fingerprint density at radius 1 is 1.20 bits per heavy atom. The molecule has 0 aliphatic carbocycles. The van der Waals surface area contributed by atoms with Crippen LogP contribution in [-0.2, 0) is 0 Å². The van der Waals surface area contributed by atoms with E-state index in [4.69, 9.17) is 5.73 Å². The van der Waals surface area contributed by atoms with Crippen molar-refractivity contribution in [2.45, 2.75) is 6.92 Å². The monoisotopic (exact) mass is 337 g/mol. The van der Waals surface area contributed by atoms with Gasteiger partial charge in [0, 0.05) is 0 Å². The molecule has 2 aromatic carbocycles. The molecular weight excluding hydrogens is 328 g/mol. The van der Waals surface area contributed by atoms with E-state index in [1.54, 1.807) is 22.8 Å². The molecule has 20 heavy (non-hydrogen) atoms. The highest BCUT2D eigenvalue weighted by Gasteiger charge is 2.16. The molecule has 0 fully saturated rings. The van der Waals surface area contributed by atoms with Gasteiger partial charge in [-0.25, -0.2) is 13.8 Å². The fourth-order valence-corrected chi connectivity index (χ4v) is 2.67.